The molecule has 1 aliphatic rings. The largest absolute Gasteiger partial charge is 0.492 e. The summed E-state index contributed by atoms with van der Waals surface area (Å²) < 4.78 is 5.65. The highest BCUT2D eigenvalue weighted by molar-refractivity contribution is 6.36. The average molecular weight is 364 g/mol. The summed E-state index contributed by atoms with van der Waals surface area (Å²) in [6.45, 7) is 6.74. The number of nitrogens with one attached hydrogen (secondary N) is 1. The van der Waals surface area contributed by atoms with Crippen LogP contribution < -0.4 is 10.1 Å². The lowest BCUT2D eigenvalue weighted by Crippen LogP contribution is -2.33. The van der Waals surface area contributed by atoms with E-state index in [4.69, 9.17) is 4.74 Å². The maximum Gasteiger partial charge on any atom is 0.278 e. The molecule has 0 unspecified atom stereocenters. The standard InChI is InChI=1S/C22H24N2O3/c1-4-14-24-21(25)19(16-12-10-15(3)11-13-16)20(22(24)26)23-17-8-6-7-9-18(17)27-5-2/h6-13,23H,4-5,14H2,1-3H3. The summed E-state index contributed by atoms with van der Waals surface area (Å²) in [6, 6.07) is 15.0. The van der Waals surface area contributed by atoms with Gasteiger partial charge in [0.2, 0.25) is 0 Å². The van der Waals surface area contributed by atoms with Gasteiger partial charge in [-0.05, 0) is 38.0 Å². The van der Waals surface area contributed by atoms with Crippen LogP contribution in [0.3, 0.4) is 0 Å². The van der Waals surface area contributed by atoms with Crippen LogP contribution in [0.15, 0.2) is 54.2 Å². The molecule has 1 aliphatic heterocycles. The maximum absolute atomic E-state index is 13.0. The molecule has 27 heavy (non-hydrogen) atoms. The zero-order chi connectivity index (χ0) is 19.4. The minimum absolute atomic E-state index is 0.262. The first kappa shape index (κ1) is 18.7. The van der Waals surface area contributed by atoms with Crippen LogP contribution in [-0.4, -0.2) is 29.9 Å². The van der Waals surface area contributed by atoms with E-state index in [9.17, 15) is 9.59 Å². The number of anilines is 1. The van der Waals surface area contributed by atoms with Gasteiger partial charge < -0.3 is 10.1 Å². The number of hydrogen-bond donors (Lipinski definition) is 1. The van der Waals surface area contributed by atoms with Gasteiger partial charge in [-0.15, -0.1) is 0 Å². The van der Waals surface area contributed by atoms with E-state index in [0.717, 1.165) is 11.1 Å². The third kappa shape index (κ3) is 3.72. The molecule has 2 amide bonds. The summed E-state index contributed by atoms with van der Waals surface area (Å²) in [4.78, 5) is 27.3. The van der Waals surface area contributed by atoms with Gasteiger partial charge in [-0.1, -0.05) is 48.9 Å². The number of para-hydroxylation sites is 2. The van der Waals surface area contributed by atoms with Crippen molar-refractivity contribution in [2.45, 2.75) is 27.2 Å². The van der Waals surface area contributed by atoms with Crippen LogP contribution in [0.25, 0.3) is 5.57 Å². The van der Waals surface area contributed by atoms with E-state index in [-0.39, 0.29) is 11.8 Å². The van der Waals surface area contributed by atoms with Crippen molar-refractivity contribution in [2.24, 2.45) is 0 Å². The third-order valence-corrected chi connectivity index (χ3v) is 4.40. The predicted octanol–water partition coefficient (Wildman–Crippen LogP) is 4.00. The smallest absolute Gasteiger partial charge is 0.278 e. The minimum Gasteiger partial charge on any atom is -0.492 e. The van der Waals surface area contributed by atoms with Gasteiger partial charge in [-0.2, -0.15) is 0 Å². The van der Waals surface area contributed by atoms with Crippen molar-refractivity contribution in [3.63, 3.8) is 0 Å². The zero-order valence-corrected chi connectivity index (χ0v) is 15.9. The lowest BCUT2D eigenvalue weighted by atomic mass is 10.0. The molecule has 5 heteroatoms. The highest BCUT2D eigenvalue weighted by atomic mass is 16.5. The predicted molar refractivity (Wildman–Crippen MR) is 106 cm³/mol. The Morgan fingerprint density at radius 2 is 1.67 bits per heavy atom. The molecule has 140 valence electrons. The average Bonchev–Trinajstić information content (AvgIpc) is 2.89. The Labute approximate surface area is 159 Å². The second-order valence-corrected chi connectivity index (χ2v) is 6.43. The Morgan fingerprint density at radius 1 is 0.963 bits per heavy atom. The number of benzene rings is 2. The molecule has 0 bridgehead atoms. The van der Waals surface area contributed by atoms with E-state index < -0.39 is 0 Å². The fourth-order valence-electron chi connectivity index (χ4n) is 3.09. The molecule has 0 aliphatic carbocycles. The topological polar surface area (TPSA) is 58.6 Å². The number of imide groups is 1. The SMILES string of the molecule is CCCN1C(=O)C(Nc2ccccc2OCC)=C(c2ccc(C)cc2)C1=O. The Hall–Kier alpha value is -3.08. The van der Waals surface area contributed by atoms with E-state index in [1.165, 1.54) is 4.90 Å². The van der Waals surface area contributed by atoms with E-state index in [0.29, 0.717) is 42.3 Å². The number of amides is 2. The summed E-state index contributed by atoms with van der Waals surface area (Å²) in [5.41, 5.74) is 3.19. The highest BCUT2D eigenvalue weighted by Gasteiger charge is 2.38. The number of rotatable bonds is 7. The van der Waals surface area contributed by atoms with Gasteiger partial charge in [-0.25, -0.2) is 0 Å². The number of aryl methyl sites for hydroxylation is 1. The van der Waals surface area contributed by atoms with Gasteiger partial charge in [0.25, 0.3) is 11.8 Å². The van der Waals surface area contributed by atoms with E-state index in [2.05, 4.69) is 5.32 Å². The fraction of sp³-hybridized carbons (Fsp3) is 0.273. The van der Waals surface area contributed by atoms with Crippen molar-refractivity contribution < 1.29 is 14.3 Å². The molecule has 2 aromatic carbocycles. The van der Waals surface area contributed by atoms with Gasteiger partial charge in [0.05, 0.1) is 17.9 Å². The Kier molecular flexibility index (Phi) is 5.60. The van der Waals surface area contributed by atoms with Crippen molar-refractivity contribution in [3.8, 4) is 5.75 Å². The first-order valence-electron chi connectivity index (χ1n) is 9.23. The molecule has 2 aromatic rings. The Morgan fingerprint density at radius 3 is 2.33 bits per heavy atom. The second kappa shape index (κ2) is 8.08. The zero-order valence-electron chi connectivity index (χ0n) is 15.9. The van der Waals surface area contributed by atoms with Crippen molar-refractivity contribution in [1.29, 1.82) is 0 Å². The first-order chi connectivity index (χ1) is 13.1. The van der Waals surface area contributed by atoms with Crippen LogP contribution in [0.1, 0.15) is 31.4 Å². The van der Waals surface area contributed by atoms with E-state index in [1.807, 2.05) is 69.3 Å². The number of carbonyl (C=O) groups is 2. The molecule has 0 saturated heterocycles. The molecule has 0 fully saturated rings. The molecule has 0 atom stereocenters. The summed E-state index contributed by atoms with van der Waals surface area (Å²) in [6.07, 6.45) is 0.710. The van der Waals surface area contributed by atoms with E-state index in [1.54, 1.807) is 0 Å². The molecular weight excluding hydrogens is 340 g/mol. The van der Waals surface area contributed by atoms with Gasteiger partial charge in [0.15, 0.2) is 0 Å². The molecule has 0 saturated carbocycles. The van der Waals surface area contributed by atoms with Gasteiger partial charge in [0, 0.05) is 6.54 Å². The Balaban J connectivity index is 2.07. The summed E-state index contributed by atoms with van der Waals surface area (Å²) in [7, 11) is 0. The number of nitrogens with zero attached hydrogens (tertiary/aromatic N) is 1. The summed E-state index contributed by atoms with van der Waals surface area (Å²) in [5, 5.41) is 3.17. The third-order valence-electron chi connectivity index (χ3n) is 4.40. The monoisotopic (exact) mass is 364 g/mol. The number of ether oxygens (including phenoxy) is 1. The molecule has 0 aromatic heterocycles. The van der Waals surface area contributed by atoms with Crippen LogP contribution in [0.4, 0.5) is 5.69 Å². The van der Waals surface area contributed by atoms with Crippen LogP contribution in [0.5, 0.6) is 5.75 Å². The normalized spacial score (nSPS) is 14.1. The van der Waals surface area contributed by atoms with E-state index >= 15 is 0 Å². The van der Waals surface area contributed by atoms with Gasteiger partial charge in [0.1, 0.15) is 11.4 Å². The molecule has 5 nitrogen and oxygen atoms in total. The quantitative estimate of drug-likeness (QED) is 0.755. The highest BCUT2D eigenvalue weighted by Crippen LogP contribution is 2.33. The molecule has 0 radical (unpaired) electrons. The lowest BCUT2D eigenvalue weighted by molar-refractivity contribution is -0.136. The first-order valence-corrected chi connectivity index (χ1v) is 9.23. The molecular formula is C22H24N2O3. The number of carbonyl (C=O) groups excluding carboxylic acids is 2. The molecule has 1 heterocycles. The summed E-state index contributed by atoms with van der Waals surface area (Å²) >= 11 is 0. The molecule has 3 rings (SSSR count). The second-order valence-electron chi connectivity index (χ2n) is 6.43. The van der Waals surface area contributed by atoms with Crippen molar-refractivity contribution in [1.82, 2.24) is 4.90 Å². The van der Waals surface area contributed by atoms with Crippen LogP contribution in [-0.2, 0) is 9.59 Å². The minimum atomic E-state index is -0.302. The lowest BCUT2D eigenvalue weighted by Gasteiger charge is -2.15. The maximum atomic E-state index is 13.0. The van der Waals surface area contributed by atoms with Crippen molar-refractivity contribution in [3.05, 3.63) is 65.4 Å². The van der Waals surface area contributed by atoms with Crippen molar-refractivity contribution in [2.75, 3.05) is 18.5 Å². The molecule has 0 spiro atoms. The Bertz CT molecular complexity index is 885. The summed E-state index contributed by atoms with van der Waals surface area (Å²) in [5.74, 6) is 0.0794. The van der Waals surface area contributed by atoms with Crippen LogP contribution >= 0.6 is 0 Å². The van der Waals surface area contributed by atoms with Gasteiger partial charge in [-0.3, -0.25) is 14.5 Å². The van der Waals surface area contributed by atoms with Crippen molar-refractivity contribution >= 4 is 23.1 Å². The van der Waals surface area contributed by atoms with Crippen LogP contribution in [0.2, 0.25) is 0 Å². The van der Waals surface area contributed by atoms with Crippen LogP contribution in [0, 0.1) is 6.92 Å². The number of hydrogen-bond acceptors (Lipinski definition) is 4. The fourth-order valence-corrected chi connectivity index (χ4v) is 3.09. The van der Waals surface area contributed by atoms with Gasteiger partial charge >= 0.3 is 0 Å². The molecule has 1 N–H and O–H groups in total.